The molecule has 0 saturated heterocycles. The number of aryl methyl sites for hydroxylation is 1. The SMILES string of the molecule is Cc1cccc(-c2nc(Cl)c3cc(N(C)C)ccc3n2)c1. The Morgan fingerprint density at radius 1 is 1.00 bits per heavy atom. The van der Waals surface area contributed by atoms with E-state index in [4.69, 9.17) is 11.6 Å². The van der Waals surface area contributed by atoms with Gasteiger partial charge in [0.25, 0.3) is 0 Å². The van der Waals surface area contributed by atoms with Gasteiger partial charge in [-0.25, -0.2) is 9.97 Å². The van der Waals surface area contributed by atoms with Crippen LogP contribution in [0.4, 0.5) is 5.69 Å². The summed E-state index contributed by atoms with van der Waals surface area (Å²) in [6, 6.07) is 14.1. The van der Waals surface area contributed by atoms with E-state index < -0.39 is 0 Å². The van der Waals surface area contributed by atoms with Gasteiger partial charge in [-0.05, 0) is 31.2 Å². The third kappa shape index (κ3) is 2.69. The van der Waals surface area contributed by atoms with Crippen molar-refractivity contribution in [2.75, 3.05) is 19.0 Å². The number of hydrogen-bond donors (Lipinski definition) is 0. The summed E-state index contributed by atoms with van der Waals surface area (Å²) in [6.07, 6.45) is 0. The monoisotopic (exact) mass is 297 g/mol. The fraction of sp³-hybridized carbons (Fsp3) is 0.176. The summed E-state index contributed by atoms with van der Waals surface area (Å²) in [5.41, 5.74) is 4.10. The second-order valence-corrected chi connectivity index (χ2v) is 5.66. The predicted molar refractivity (Wildman–Crippen MR) is 89.0 cm³/mol. The minimum atomic E-state index is 0.486. The third-order valence-corrected chi connectivity index (χ3v) is 3.71. The Morgan fingerprint density at radius 2 is 1.81 bits per heavy atom. The highest BCUT2D eigenvalue weighted by atomic mass is 35.5. The van der Waals surface area contributed by atoms with Crippen molar-refractivity contribution >= 4 is 28.2 Å². The van der Waals surface area contributed by atoms with E-state index in [9.17, 15) is 0 Å². The first-order chi connectivity index (χ1) is 10.0. The molecule has 0 amide bonds. The zero-order valence-corrected chi connectivity index (χ0v) is 13.0. The van der Waals surface area contributed by atoms with Crippen LogP contribution in [0, 0.1) is 6.92 Å². The van der Waals surface area contributed by atoms with Crippen molar-refractivity contribution in [3.05, 3.63) is 53.2 Å². The molecule has 1 aromatic heterocycles. The number of anilines is 1. The van der Waals surface area contributed by atoms with Gasteiger partial charge >= 0.3 is 0 Å². The Balaban J connectivity index is 2.18. The number of hydrogen-bond acceptors (Lipinski definition) is 3. The quantitative estimate of drug-likeness (QED) is 0.659. The molecule has 0 N–H and O–H groups in total. The summed E-state index contributed by atoms with van der Waals surface area (Å²) >= 11 is 6.36. The van der Waals surface area contributed by atoms with Gasteiger partial charge in [0, 0.05) is 30.7 Å². The first kappa shape index (κ1) is 13.8. The predicted octanol–water partition coefficient (Wildman–Crippen LogP) is 4.32. The molecule has 2 aromatic carbocycles. The first-order valence-electron chi connectivity index (χ1n) is 6.76. The Bertz CT molecular complexity index is 812. The maximum atomic E-state index is 6.36. The maximum absolute atomic E-state index is 6.36. The fourth-order valence-corrected chi connectivity index (χ4v) is 2.50. The highest BCUT2D eigenvalue weighted by Gasteiger charge is 2.09. The summed E-state index contributed by atoms with van der Waals surface area (Å²) < 4.78 is 0. The lowest BCUT2D eigenvalue weighted by atomic mass is 10.1. The number of benzene rings is 2. The Kier molecular flexibility index (Phi) is 3.52. The van der Waals surface area contributed by atoms with E-state index in [1.807, 2.05) is 49.3 Å². The van der Waals surface area contributed by atoms with E-state index in [-0.39, 0.29) is 0 Å². The van der Waals surface area contributed by atoms with Crippen LogP contribution in [0.2, 0.25) is 5.15 Å². The van der Waals surface area contributed by atoms with E-state index in [0.717, 1.165) is 22.2 Å². The Hall–Kier alpha value is -2.13. The molecule has 0 saturated carbocycles. The molecule has 0 aliphatic heterocycles. The summed E-state index contributed by atoms with van der Waals surface area (Å²) in [5, 5.41) is 1.36. The van der Waals surface area contributed by atoms with Gasteiger partial charge in [0.15, 0.2) is 5.82 Å². The van der Waals surface area contributed by atoms with Gasteiger partial charge in [-0.1, -0.05) is 35.4 Å². The van der Waals surface area contributed by atoms with Crippen LogP contribution in [0.1, 0.15) is 5.56 Å². The standard InChI is InChI=1S/C17H16ClN3/c1-11-5-4-6-12(9-11)17-19-15-8-7-13(21(2)3)10-14(15)16(18)20-17/h4-10H,1-3H3. The lowest BCUT2D eigenvalue weighted by Crippen LogP contribution is -2.08. The summed E-state index contributed by atoms with van der Waals surface area (Å²) in [7, 11) is 3.99. The van der Waals surface area contributed by atoms with Crippen molar-refractivity contribution in [3.63, 3.8) is 0 Å². The van der Waals surface area contributed by atoms with Gasteiger partial charge in [0.2, 0.25) is 0 Å². The van der Waals surface area contributed by atoms with Crippen molar-refractivity contribution in [1.29, 1.82) is 0 Å². The molecule has 1 heterocycles. The molecule has 0 unspecified atom stereocenters. The molecule has 4 heteroatoms. The van der Waals surface area contributed by atoms with Crippen LogP contribution in [-0.4, -0.2) is 24.1 Å². The molecule has 0 fully saturated rings. The van der Waals surface area contributed by atoms with Crippen molar-refractivity contribution in [3.8, 4) is 11.4 Å². The van der Waals surface area contributed by atoms with Crippen molar-refractivity contribution < 1.29 is 0 Å². The largest absolute Gasteiger partial charge is 0.378 e. The molecule has 106 valence electrons. The summed E-state index contributed by atoms with van der Waals surface area (Å²) in [6.45, 7) is 2.05. The van der Waals surface area contributed by atoms with E-state index in [1.54, 1.807) is 0 Å². The van der Waals surface area contributed by atoms with Gasteiger partial charge < -0.3 is 4.90 Å². The number of halogens is 1. The maximum Gasteiger partial charge on any atom is 0.161 e. The van der Waals surface area contributed by atoms with Crippen molar-refractivity contribution in [2.45, 2.75) is 6.92 Å². The topological polar surface area (TPSA) is 29.0 Å². The van der Waals surface area contributed by atoms with Crippen LogP contribution in [0.3, 0.4) is 0 Å². The lowest BCUT2D eigenvalue weighted by Gasteiger charge is -2.13. The number of aromatic nitrogens is 2. The van der Waals surface area contributed by atoms with Gasteiger partial charge in [-0.15, -0.1) is 0 Å². The highest BCUT2D eigenvalue weighted by molar-refractivity contribution is 6.34. The van der Waals surface area contributed by atoms with Crippen LogP contribution in [0.25, 0.3) is 22.3 Å². The molecular weight excluding hydrogens is 282 g/mol. The van der Waals surface area contributed by atoms with Gasteiger partial charge in [0.05, 0.1) is 5.52 Å². The van der Waals surface area contributed by atoms with Gasteiger partial charge in [-0.3, -0.25) is 0 Å². The molecule has 21 heavy (non-hydrogen) atoms. The molecule has 0 spiro atoms. The molecular formula is C17H16ClN3. The van der Waals surface area contributed by atoms with Crippen LogP contribution in [0.15, 0.2) is 42.5 Å². The zero-order chi connectivity index (χ0) is 15.0. The molecule has 3 rings (SSSR count). The number of rotatable bonds is 2. The first-order valence-corrected chi connectivity index (χ1v) is 7.14. The second-order valence-electron chi connectivity index (χ2n) is 5.30. The molecule has 0 atom stereocenters. The molecule has 0 aliphatic rings. The number of fused-ring (bicyclic) bond motifs is 1. The molecule has 0 aliphatic carbocycles. The normalized spacial score (nSPS) is 10.9. The van der Waals surface area contributed by atoms with Crippen LogP contribution in [0.5, 0.6) is 0 Å². The van der Waals surface area contributed by atoms with Gasteiger partial charge in [-0.2, -0.15) is 0 Å². The highest BCUT2D eigenvalue weighted by Crippen LogP contribution is 2.28. The number of nitrogens with zero attached hydrogens (tertiary/aromatic N) is 3. The average molecular weight is 298 g/mol. The van der Waals surface area contributed by atoms with Crippen LogP contribution in [-0.2, 0) is 0 Å². The minimum Gasteiger partial charge on any atom is -0.378 e. The van der Waals surface area contributed by atoms with E-state index in [1.165, 1.54) is 5.56 Å². The Morgan fingerprint density at radius 3 is 2.52 bits per heavy atom. The average Bonchev–Trinajstić information content (AvgIpc) is 2.46. The minimum absolute atomic E-state index is 0.486. The third-order valence-electron chi connectivity index (χ3n) is 3.43. The zero-order valence-electron chi connectivity index (χ0n) is 12.3. The van der Waals surface area contributed by atoms with E-state index >= 15 is 0 Å². The van der Waals surface area contributed by atoms with E-state index in [0.29, 0.717) is 11.0 Å². The smallest absolute Gasteiger partial charge is 0.161 e. The fourth-order valence-electron chi connectivity index (χ4n) is 2.27. The summed E-state index contributed by atoms with van der Waals surface area (Å²) in [4.78, 5) is 11.1. The van der Waals surface area contributed by atoms with Crippen LogP contribution >= 0.6 is 11.6 Å². The summed E-state index contributed by atoms with van der Waals surface area (Å²) in [5.74, 6) is 0.661. The molecule has 0 radical (unpaired) electrons. The van der Waals surface area contributed by atoms with Crippen molar-refractivity contribution in [1.82, 2.24) is 9.97 Å². The second kappa shape index (κ2) is 5.34. The van der Waals surface area contributed by atoms with Gasteiger partial charge in [0.1, 0.15) is 5.15 Å². The molecule has 3 nitrogen and oxygen atoms in total. The molecule has 0 bridgehead atoms. The Labute approximate surface area is 129 Å². The van der Waals surface area contributed by atoms with Crippen molar-refractivity contribution in [2.24, 2.45) is 0 Å². The van der Waals surface area contributed by atoms with E-state index in [2.05, 4.69) is 29.0 Å². The molecule has 3 aromatic rings. The lowest BCUT2D eigenvalue weighted by molar-refractivity contribution is 1.13. The van der Waals surface area contributed by atoms with Crippen LogP contribution < -0.4 is 4.90 Å².